The number of aliphatic carboxylic acids is 1. The summed E-state index contributed by atoms with van der Waals surface area (Å²) in [7, 11) is 0. The molecule has 0 bridgehead atoms. The fraction of sp³-hybridized carbons (Fsp3) is 0.0909. The molecule has 4 nitrogen and oxygen atoms in total. The van der Waals surface area contributed by atoms with Crippen LogP contribution in [0, 0.1) is 0 Å². The highest BCUT2D eigenvalue weighted by Gasteiger charge is 2.24. The molecular formula is C11H9NO3S. The summed E-state index contributed by atoms with van der Waals surface area (Å²) in [5.41, 5.74) is 0. The van der Waals surface area contributed by atoms with Crippen molar-refractivity contribution in [3.63, 3.8) is 0 Å². The summed E-state index contributed by atoms with van der Waals surface area (Å²) in [6.45, 7) is 0. The van der Waals surface area contributed by atoms with Gasteiger partial charge in [0.25, 0.3) is 0 Å². The highest BCUT2D eigenvalue weighted by Crippen LogP contribution is 2.23. The van der Waals surface area contributed by atoms with Gasteiger partial charge < -0.3 is 9.84 Å². The molecule has 2 aromatic rings. The molecule has 1 aromatic heterocycles. The van der Waals surface area contributed by atoms with Crippen LogP contribution in [0.2, 0.25) is 0 Å². The third kappa shape index (κ3) is 2.38. The lowest BCUT2D eigenvalue weighted by molar-refractivity contribution is -0.145. The number of thiazole rings is 1. The van der Waals surface area contributed by atoms with E-state index in [9.17, 15) is 4.79 Å². The van der Waals surface area contributed by atoms with Gasteiger partial charge in [0.15, 0.2) is 0 Å². The van der Waals surface area contributed by atoms with E-state index in [1.165, 1.54) is 11.3 Å². The maximum atomic E-state index is 11.0. The van der Waals surface area contributed by atoms with Crippen LogP contribution in [0.1, 0.15) is 11.1 Å². The molecule has 1 heterocycles. The molecule has 0 spiro atoms. The molecule has 1 unspecified atom stereocenters. The molecule has 0 radical (unpaired) electrons. The van der Waals surface area contributed by atoms with Gasteiger partial charge in [0.05, 0.1) is 0 Å². The number of carboxylic acid groups (broad SMARTS) is 1. The average Bonchev–Trinajstić information content (AvgIpc) is 2.80. The average molecular weight is 235 g/mol. The summed E-state index contributed by atoms with van der Waals surface area (Å²) in [5, 5.41) is 11.2. The number of aromatic nitrogens is 1. The predicted octanol–water partition coefficient (Wildman–Crippen LogP) is 2.35. The van der Waals surface area contributed by atoms with Crippen LogP contribution in [-0.4, -0.2) is 16.1 Å². The lowest BCUT2D eigenvalue weighted by atomic mass is 10.3. The van der Waals surface area contributed by atoms with Gasteiger partial charge in [0.1, 0.15) is 10.8 Å². The molecule has 0 fully saturated rings. The molecule has 2 rings (SSSR count). The van der Waals surface area contributed by atoms with Crippen molar-refractivity contribution in [3.8, 4) is 5.75 Å². The topological polar surface area (TPSA) is 59.4 Å². The molecule has 1 aromatic carbocycles. The van der Waals surface area contributed by atoms with E-state index in [0.717, 1.165) is 0 Å². The van der Waals surface area contributed by atoms with Crippen molar-refractivity contribution < 1.29 is 14.6 Å². The predicted molar refractivity (Wildman–Crippen MR) is 59.6 cm³/mol. The zero-order valence-corrected chi connectivity index (χ0v) is 9.05. The van der Waals surface area contributed by atoms with Gasteiger partial charge in [-0.05, 0) is 12.1 Å². The van der Waals surface area contributed by atoms with Gasteiger partial charge in [-0.2, -0.15) is 0 Å². The Hall–Kier alpha value is -1.88. The number of hydrogen-bond donors (Lipinski definition) is 1. The number of ether oxygens (including phenoxy) is 1. The van der Waals surface area contributed by atoms with Crippen LogP contribution in [0.15, 0.2) is 41.9 Å². The zero-order valence-electron chi connectivity index (χ0n) is 8.24. The molecule has 0 saturated carbocycles. The Labute approximate surface area is 96.1 Å². The minimum Gasteiger partial charge on any atom is -0.478 e. The second kappa shape index (κ2) is 4.76. The van der Waals surface area contributed by atoms with E-state index < -0.39 is 12.1 Å². The summed E-state index contributed by atoms with van der Waals surface area (Å²) in [6, 6.07) is 8.84. The lowest BCUT2D eigenvalue weighted by Crippen LogP contribution is -2.17. The van der Waals surface area contributed by atoms with Crippen molar-refractivity contribution >= 4 is 17.3 Å². The first-order valence-electron chi connectivity index (χ1n) is 4.61. The van der Waals surface area contributed by atoms with E-state index >= 15 is 0 Å². The van der Waals surface area contributed by atoms with Crippen molar-refractivity contribution in [1.29, 1.82) is 0 Å². The summed E-state index contributed by atoms with van der Waals surface area (Å²) in [4.78, 5) is 15.0. The van der Waals surface area contributed by atoms with E-state index in [0.29, 0.717) is 10.8 Å². The van der Waals surface area contributed by atoms with Crippen LogP contribution < -0.4 is 4.74 Å². The largest absolute Gasteiger partial charge is 0.478 e. The fourth-order valence-corrected chi connectivity index (χ4v) is 1.86. The van der Waals surface area contributed by atoms with Crippen LogP contribution in [-0.2, 0) is 4.79 Å². The van der Waals surface area contributed by atoms with Crippen molar-refractivity contribution in [2.75, 3.05) is 0 Å². The fourth-order valence-electron chi connectivity index (χ4n) is 1.21. The molecule has 5 heteroatoms. The van der Waals surface area contributed by atoms with Crippen molar-refractivity contribution in [2.24, 2.45) is 0 Å². The first-order chi connectivity index (χ1) is 7.77. The van der Waals surface area contributed by atoms with Gasteiger partial charge in [-0.25, -0.2) is 9.78 Å². The highest BCUT2D eigenvalue weighted by molar-refractivity contribution is 7.09. The first-order valence-corrected chi connectivity index (χ1v) is 5.49. The molecule has 0 aliphatic rings. The van der Waals surface area contributed by atoms with Gasteiger partial charge in [-0.3, -0.25) is 0 Å². The van der Waals surface area contributed by atoms with Gasteiger partial charge in [0.2, 0.25) is 6.10 Å². The number of carboxylic acids is 1. The number of rotatable bonds is 4. The maximum Gasteiger partial charge on any atom is 0.352 e. The Kier molecular flexibility index (Phi) is 3.16. The standard InChI is InChI=1S/C11H9NO3S/c13-11(14)9(10-12-6-7-16-10)15-8-4-2-1-3-5-8/h1-7,9H,(H,13,14). The summed E-state index contributed by atoms with van der Waals surface area (Å²) >= 11 is 1.26. The monoisotopic (exact) mass is 235 g/mol. The van der Waals surface area contributed by atoms with Gasteiger partial charge in [-0.1, -0.05) is 18.2 Å². The normalized spacial score (nSPS) is 12.0. The summed E-state index contributed by atoms with van der Waals surface area (Å²) < 4.78 is 5.37. The van der Waals surface area contributed by atoms with Crippen LogP contribution >= 0.6 is 11.3 Å². The first kappa shape index (κ1) is 10.6. The smallest absolute Gasteiger partial charge is 0.352 e. The van der Waals surface area contributed by atoms with E-state index in [4.69, 9.17) is 9.84 Å². The Morgan fingerprint density at radius 2 is 2.12 bits per heavy atom. The van der Waals surface area contributed by atoms with Crippen molar-refractivity contribution in [2.45, 2.75) is 6.10 Å². The van der Waals surface area contributed by atoms with E-state index in [-0.39, 0.29) is 0 Å². The van der Waals surface area contributed by atoms with E-state index in [1.54, 1.807) is 35.8 Å². The third-order valence-corrected chi connectivity index (χ3v) is 2.72. The van der Waals surface area contributed by atoms with Crippen LogP contribution in [0.3, 0.4) is 0 Å². The molecule has 0 aliphatic carbocycles. The second-order valence-electron chi connectivity index (χ2n) is 3.02. The Morgan fingerprint density at radius 1 is 1.38 bits per heavy atom. The lowest BCUT2D eigenvalue weighted by Gasteiger charge is -2.12. The molecule has 16 heavy (non-hydrogen) atoms. The van der Waals surface area contributed by atoms with Gasteiger partial charge in [-0.15, -0.1) is 11.3 Å². The minimum absolute atomic E-state index is 0.441. The quantitative estimate of drug-likeness (QED) is 0.883. The molecule has 82 valence electrons. The van der Waals surface area contributed by atoms with Crippen molar-refractivity contribution in [3.05, 3.63) is 46.9 Å². The van der Waals surface area contributed by atoms with Crippen LogP contribution in [0.4, 0.5) is 0 Å². The number of hydrogen-bond acceptors (Lipinski definition) is 4. The highest BCUT2D eigenvalue weighted by atomic mass is 32.1. The molecule has 0 amide bonds. The number of para-hydroxylation sites is 1. The molecular weight excluding hydrogens is 226 g/mol. The third-order valence-electron chi connectivity index (χ3n) is 1.90. The molecule has 0 aliphatic heterocycles. The maximum absolute atomic E-state index is 11.0. The molecule has 0 saturated heterocycles. The number of carbonyl (C=O) groups is 1. The van der Waals surface area contributed by atoms with E-state index in [2.05, 4.69) is 4.98 Å². The number of nitrogens with zero attached hydrogens (tertiary/aromatic N) is 1. The SMILES string of the molecule is O=C(O)C(Oc1ccccc1)c1nccs1. The van der Waals surface area contributed by atoms with Crippen LogP contribution in [0.5, 0.6) is 5.75 Å². The Balaban J connectivity index is 2.19. The summed E-state index contributed by atoms with van der Waals surface area (Å²) in [5.74, 6) is -0.524. The van der Waals surface area contributed by atoms with Crippen molar-refractivity contribution in [1.82, 2.24) is 4.98 Å². The second-order valence-corrected chi connectivity index (χ2v) is 3.95. The minimum atomic E-state index is -1.04. The Morgan fingerprint density at radius 3 is 2.69 bits per heavy atom. The van der Waals surface area contributed by atoms with E-state index in [1.807, 2.05) is 6.07 Å². The van der Waals surface area contributed by atoms with Gasteiger partial charge >= 0.3 is 5.97 Å². The van der Waals surface area contributed by atoms with Crippen LogP contribution in [0.25, 0.3) is 0 Å². The Bertz CT molecular complexity index is 455. The molecule has 1 N–H and O–H groups in total. The number of benzene rings is 1. The summed E-state index contributed by atoms with van der Waals surface area (Å²) in [6.07, 6.45) is 0.520. The van der Waals surface area contributed by atoms with Gasteiger partial charge in [0, 0.05) is 11.6 Å². The molecule has 1 atom stereocenters. The zero-order chi connectivity index (χ0) is 11.4.